The van der Waals surface area contributed by atoms with Crippen LogP contribution in [0.15, 0.2) is 0 Å². The first-order chi connectivity index (χ1) is 9.93. The highest BCUT2D eigenvalue weighted by Crippen LogP contribution is 2.30. The van der Waals surface area contributed by atoms with E-state index in [1.54, 1.807) is 0 Å². The predicted octanol–water partition coefficient (Wildman–Crippen LogP) is 4.79. The molecule has 3 rings (SSSR count). The zero-order valence-corrected chi connectivity index (χ0v) is 13.3. The molecule has 3 aliphatic rings. The van der Waals surface area contributed by atoms with Crippen LogP contribution in [0.5, 0.6) is 0 Å². The van der Waals surface area contributed by atoms with Crippen LogP contribution in [0.25, 0.3) is 0 Å². The van der Waals surface area contributed by atoms with Crippen LogP contribution < -0.4 is 5.43 Å². The molecule has 2 nitrogen and oxygen atoms in total. The van der Waals surface area contributed by atoms with Crippen molar-refractivity contribution in [3.05, 3.63) is 0 Å². The summed E-state index contributed by atoms with van der Waals surface area (Å²) in [6.07, 6.45) is 21.7. The summed E-state index contributed by atoms with van der Waals surface area (Å²) in [6, 6.07) is 2.47. The summed E-state index contributed by atoms with van der Waals surface area (Å²) < 4.78 is 0. The zero-order chi connectivity index (χ0) is 13.6. The molecule has 0 unspecified atom stereocenters. The Hall–Kier alpha value is -0.0800. The fourth-order valence-electron chi connectivity index (χ4n) is 4.67. The van der Waals surface area contributed by atoms with Gasteiger partial charge in [0.15, 0.2) is 0 Å². The van der Waals surface area contributed by atoms with Crippen LogP contribution in [0.1, 0.15) is 96.3 Å². The van der Waals surface area contributed by atoms with Crippen molar-refractivity contribution in [2.45, 2.75) is 114 Å². The molecule has 0 bridgehead atoms. The Balaban J connectivity index is 1.61. The number of hydrazine groups is 1. The van der Waals surface area contributed by atoms with E-state index in [1.165, 1.54) is 96.3 Å². The molecule has 0 spiro atoms. The summed E-state index contributed by atoms with van der Waals surface area (Å²) in [4.78, 5) is 0. The first-order valence-electron chi connectivity index (χ1n) is 9.48. The highest BCUT2D eigenvalue weighted by Gasteiger charge is 2.30. The maximum Gasteiger partial charge on any atom is 0.0246 e. The summed E-state index contributed by atoms with van der Waals surface area (Å²) >= 11 is 0. The highest BCUT2D eigenvalue weighted by molar-refractivity contribution is 4.84. The standard InChI is InChI=1S/C18H34N2/c1-4-10-16(11-5-1)19-20(17-12-6-2-7-13-17)18-14-8-3-9-15-18/h16-19H,1-15H2. The van der Waals surface area contributed by atoms with Crippen LogP contribution in [0, 0.1) is 0 Å². The maximum absolute atomic E-state index is 4.03. The molecule has 0 radical (unpaired) electrons. The molecular weight excluding hydrogens is 244 g/mol. The molecule has 2 heteroatoms. The van der Waals surface area contributed by atoms with E-state index in [4.69, 9.17) is 0 Å². The number of nitrogens with one attached hydrogen (secondary N) is 1. The smallest absolute Gasteiger partial charge is 0.0246 e. The third-order valence-electron chi connectivity index (χ3n) is 5.87. The van der Waals surface area contributed by atoms with Gasteiger partial charge in [0, 0.05) is 18.1 Å². The van der Waals surface area contributed by atoms with Crippen molar-refractivity contribution >= 4 is 0 Å². The molecule has 1 N–H and O–H groups in total. The molecule has 0 atom stereocenters. The second-order valence-corrected chi connectivity index (χ2v) is 7.45. The average Bonchev–Trinajstić information content (AvgIpc) is 2.55. The van der Waals surface area contributed by atoms with E-state index in [0.717, 1.165) is 18.1 Å². The van der Waals surface area contributed by atoms with Gasteiger partial charge in [-0.15, -0.1) is 0 Å². The van der Waals surface area contributed by atoms with E-state index >= 15 is 0 Å². The molecule has 116 valence electrons. The van der Waals surface area contributed by atoms with Crippen molar-refractivity contribution in [1.29, 1.82) is 0 Å². The van der Waals surface area contributed by atoms with Gasteiger partial charge in [-0.2, -0.15) is 0 Å². The largest absolute Gasteiger partial charge is 0.252 e. The van der Waals surface area contributed by atoms with E-state index in [9.17, 15) is 0 Å². The van der Waals surface area contributed by atoms with Crippen LogP contribution in [-0.4, -0.2) is 23.1 Å². The van der Waals surface area contributed by atoms with Gasteiger partial charge in [0.25, 0.3) is 0 Å². The Labute approximate surface area is 125 Å². The lowest BCUT2D eigenvalue weighted by molar-refractivity contribution is 0.00840. The molecule has 0 aromatic carbocycles. The Morgan fingerprint density at radius 1 is 0.500 bits per heavy atom. The SMILES string of the molecule is C1CCC(NN(C2CCCCC2)C2CCCCC2)CC1. The normalized spacial score (nSPS) is 28.1. The lowest BCUT2D eigenvalue weighted by atomic mass is 9.89. The molecule has 3 fully saturated rings. The quantitative estimate of drug-likeness (QED) is 0.744. The molecular formula is C18H34N2. The Morgan fingerprint density at radius 3 is 1.35 bits per heavy atom. The monoisotopic (exact) mass is 278 g/mol. The molecule has 3 aliphatic carbocycles. The minimum atomic E-state index is 0.785. The van der Waals surface area contributed by atoms with Crippen molar-refractivity contribution in [2.75, 3.05) is 0 Å². The van der Waals surface area contributed by atoms with Crippen molar-refractivity contribution in [3.63, 3.8) is 0 Å². The Kier molecular flexibility index (Phi) is 5.78. The zero-order valence-electron chi connectivity index (χ0n) is 13.3. The van der Waals surface area contributed by atoms with Gasteiger partial charge in [0.2, 0.25) is 0 Å². The third-order valence-corrected chi connectivity index (χ3v) is 5.87. The van der Waals surface area contributed by atoms with Crippen LogP contribution >= 0.6 is 0 Å². The van der Waals surface area contributed by atoms with Crippen LogP contribution in [0.3, 0.4) is 0 Å². The lowest BCUT2D eigenvalue weighted by Crippen LogP contribution is -2.56. The van der Waals surface area contributed by atoms with E-state index in [0.29, 0.717) is 0 Å². The van der Waals surface area contributed by atoms with Gasteiger partial charge in [0.05, 0.1) is 0 Å². The molecule has 20 heavy (non-hydrogen) atoms. The number of hydrogen-bond donors (Lipinski definition) is 1. The van der Waals surface area contributed by atoms with Crippen LogP contribution in [0.2, 0.25) is 0 Å². The van der Waals surface area contributed by atoms with E-state index < -0.39 is 0 Å². The molecule has 0 aromatic heterocycles. The molecule has 0 amide bonds. The molecule has 0 saturated heterocycles. The first-order valence-corrected chi connectivity index (χ1v) is 9.48. The van der Waals surface area contributed by atoms with Gasteiger partial charge in [-0.05, 0) is 38.5 Å². The summed E-state index contributed by atoms with van der Waals surface area (Å²) in [5, 5.41) is 2.79. The van der Waals surface area contributed by atoms with Gasteiger partial charge in [-0.25, -0.2) is 5.01 Å². The average molecular weight is 278 g/mol. The molecule has 3 saturated carbocycles. The number of nitrogens with zero attached hydrogens (tertiary/aromatic N) is 1. The number of hydrogen-bond acceptors (Lipinski definition) is 2. The van der Waals surface area contributed by atoms with Gasteiger partial charge >= 0.3 is 0 Å². The lowest BCUT2D eigenvalue weighted by Gasteiger charge is -2.44. The minimum Gasteiger partial charge on any atom is -0.252 e. The van der Waals surface area contributed by atoms with Gasteiger partial charge in [-0.3, -0.25) is 5.43 Å². The topological polar surface area (TPSA) is 15.3 Å². The summed E-state index contributed by atoms with van der Waals surface area (Å²) in [7, 11) is 0. The second-order valence-electron chi connectivity index (χ2n) is 7.45. The van der Waals surface area contributed by atoms with Crippen molar-refractivity contribution in [1.82, 2.24) is 10.4 Å². The molecule has 0 heterocycles. The maximum atomic E-state index is 4.03. The Bertz CT molecular complexity index is 243. The summed E-state index contributed by atoms with van der Waals surface area (Å²) in [5.74, 6) is 0. The number of rotatable bonds is 4. The summed E-state index contributed by atoms with van der Waals surface area (Å²) in [5.41, 5.74) is 4.03. The molecule has 0 aliphatic heterocycles. The van der Waals surface area contributed by atoms with Gasteiger partial charge in [0.1, 0.15) is 0 Å². The Morgan fingerprint density at radius 2 is 0.900 bits per heavy atom. The second kappa shape index (κ2) is 7.79. The highest BCUT2D eigenvalue weighted by atomic mass is 15.5. The minimum absolute atomic E-state index is 0.785. The van der Waals surface area contributed by atoms with Gasteiger partial charge in [-0.1, -0.05) is 57.8 Å². The third kappa shape index (κ3) is 3.98. The van der Waals surface area contributed by atoms with E-state index in [1.807, 2.05) is 0 Å². The van der Waals surface area contributed by atoms with Crippen LogP contribution in [-0.2, 0) is 0 Å². The van der Waals surface area contributed by atoms with E-state index in [2.05, 4.69) is 10.4 Å². The van der Waals surface area contributed by atoms with Crippen molar-refractivity contribution in [2.24, 2.45) is 0 Å². The van der Waals surface area contributed by atoms with Gasteiger partial charge < -0.3 is 0 Å². The first kappa shape index (κ1) is 14.8. The fraction of sp³-hybridized carbons (Fsp3) is 1.00. The van der Waals surface area contributed by atoms with Crippen molar-refractivity contribution < 1.29 is 0 Å². The predicted molar refractivity (Wildman–Crippen MR) is 85.6 cm³/mol. The fourth-order valence-corrected chi connectivity index (χ4v) is 4.67. The van der Waals surface area contributed by atoms with E-state index in [-0.39, 0.29) is 0 Å². The summed E-state index contributed by atoms with van der Waals surface area (Å²) in [6.45, 7) is 0. The van der Waals surface area contributed by atoms with Crippen molar-refractivity contribution in [3.8, 4) is 0 Å². The van der Waals surface area contributed by atoms with Crippen LogP contribution in [0.4, 0.5) is 0 Å². The molecule has 0 aromatic rings.